The molecule has 0 aliphatic heterocycles. The fraction of sp³-hybridized carbons (Fsp3) is 0.462. The number of hydrogen-bond acceptors (Lipinski definition) is 2. The molecular weight excluding hydrogens is 400 g/mol. The first kappa shape index (κ1) is 22.9. The Labute approximate surface area is 184 Å². The minimum absolute atomic E-state index is 1.04. The summed E-state index contributed by atoms with van der Waals surface area (Å²) in [5, 5.41) is 7.93. The number of fused-ring (bicyclic) bond motifs is 2. The maximum absolute atomic E-state index is 6.13. The van der Waals surface area contributed by atoms with Gasteiger partial charge < -0.3 is 9.47 Å². The maximum atomic E-state index is 6.13. The third-order valence-electron chi connectivity index (χ3n) is 6.10. The van der Waals surface area contributed by atoms with Crippen LogP contribution in [-0.2, 0) is 6.42 Å². The Bertz CT molecular complexity index is 993. The van der Waals surface area contributed by atoms with Crippen LogP contribution >= 0.6 is 0 Å². The molecule has 162 valence electrons. The molecule has 0 saturated carbocycles. The van der Waals surface area contributed by atoms with Crippen molar-refractivity contribution in [3.8, 4) is 11.5 Å². The number of benzene rings is 3. The van der Waals surface area contributed by atoms with Gasteiger partial charge in [-0.1, -0.05) is 76.9 Å². The van der Waals surface area contributed by atoms with Crippen LogP contribution in [0.15, 0.2) is 30.3 Å². The SMILES string of the molecule is CCCCc1c2c(OC)c([Si](C)(C)C)ccc2cc2ccc([Si](C)(C)C)c(OC)c12. The van der Waals surface area contributed by atoms with E-state index in [1.165, 1.54) is 43.9 Å². The molecule has 4 heteroatoms. The molecule has 3 aromatic carbocycles. The summed E-state index contributed by atoms with van der Waals surface area (Å²) in [7, 11) is 0.571. The quantitative estimate of drug-likeness (QED) is 0.312. The highest BCUT2D eigenvalue weighted by atomic mass is 28.3. The fourth-order valence-electron chi connectivity index (χ4n) is 4.56. The first-order chi connectivity index (χ1) is 14.0. The van der Waals surface area contributed by atoms with Crippen molar-refractivity contribution in [1.82, 2.24) is 0 Å². The first-order valence-corrected chi connectivity index (χ1v) is 18.2. The normalized spacial score (nSPS) is 12.6. The third-order valence-corrected chi connectivity index (χ3v) is 10.1. The molecule has 0 aromatic heterocycles. The molecule has 0 N–H and O–H groups in total. The zero-order chi connectivity index (χ0) is 22.3. The Balaban J connectivity index is 2.57. The fourth-order valence-corrected chi connectivity index (χ4v) is 7.54. The molecule has 2 nitrogen and oxygen atoms in total. The van der Waals surface area contributed by atoms with Gasteiger partial charge in [0, 0.05) is 10.8 Å². The van der Waals surface area contributed by atoms with Crippen molar-refractivity contribution in [2.45, 2.75) is 65.5 Å². The van der Waals surface area contributed by atoms with Crippen molar-refractivity contribution in [2.24, 2.45) is 0 Å². The lowest BCUT2D eigenvalue weighted by molar-refractivity contribution is 0.421. The number of unbranched alkanes of at least 4 members (excludes halogenated alkanes) is 1. The molecule has 0 saturated heterocycles. The summed E-state index contributed by atoms with van der Waals surface area (Å²) in [5.74, 6) is 2.17. The van der Waals surface area contributed by atoms with E-state index in [9.17, 15) is 0 Å². The first-order valence-electron chi connectivity index (χ1n) is 11.2. The van der Waals surface area contributed by atoms with Gasteiger partial charge in [0.1, 0.15) is 11.5 Å². The molecule has 3 rings (SSSR count). The van der Waals surface area contributed by atoms with Crippen LogP contribution < -0.4 is 19.8 Å². The second-order valence-electron chi connectivity index (χ2n) is 10.4. The average Bonchev–Trinajstić information content (AvgIpc) is 2.67. The predicted octanol–water partition coefficient (Wildman–Crippen LogP) is 6.44. The van der Waals surface area contributed by atoms with Gasteiger partial charge in [0.05, 0.1) is 30.4 Å². The smallest absolute Gasteiger partial charge is 0.126 e. The van der Waals surface area contributed by atoms with Crippen LogP contribution in [0.4, 0.5) is 0 Å². The second kappa shape index (κ2) is 8.39. The van der Waals surface area contributed by atoms with Gasteiger partial charge in [-0.15, -0.1) is 0 Å². The molecule has 0 aliphatic rings. The molecule has 0 bridgehead atoms. The lowest BCUT2D eigenvalue weighted by Crippen LogP contribution is -2.39. The number of rotatable bonds is 7. The van der Waals surface area contributed by atoms with E-state index in [-0.39, 0.29) is 0 Å². The summed E-state index contributed by atoms with van der Waals surface area (Å²) in [6, 6.07) is 11.5. The summed E-state index contributed by atoms with van der Waals surface area (Å²) in [6.07, 6.45) is 3.38. The molecule has 0 atom stereocenters. The molecule has 0 heterocycles. The third kappa shape index (κ3) is 4.04. The monoisotopic (exact) mass is 438 g/mol. The van der Waals surface area contributed by atoms with E-state index in [0.717, 1.165) is 24.3 Å². The summed E-state index contributed by atoms with van der Waals surface area (Å²) in [5.41, 5.74) is 1.40. The van der Waals surface area contributed by atoms with Crippen molar-refractivity contribution in [1.29, 1.82) is 0 Å². The van der Waals surface area contributed by atoms with Gasteiger partial charge in [-0.05, 0) is 45.6 Å². The zero-order valence-electron chi connectivity index (χ0n) is 20.3. The van der Waals surface area contributed by atoms with Crippen molar-refractivity contribution in [2.75, 3.05) is 14.2 Å². The van der Waals surface area contributed by atoms with Gasteiger partial charge in [-0.25, -0.2) is 0 Å². The minimum atomic E-state index is -1.55. The van der Waals surface area contributed by atoms with Gasteiger partial charge in [0.25, 0.3) is 0 Å². The molecule has 0 spiro atoms. The number of methoxy groups -OCH3 is 2. The molecule has 30 heavy (non-hydrogen) atoms. The number of hydrogen-bond donors (Lipinski definition) is 0. The Morgan fingerprint density at radius 3 is 1.47 bits per heavy atom. The van der Waals surface area contributed by atoms with Crippen LogP contribution in [0.5, 0.6) is 11.5 Å². The molecular formula is C26H38O2Si2. The maximum Gasteiger partial charge on any atom is 0.126 e. The highest BCUT2D eigenvalue weighted by molar-refractivity contribution is 6.90. The highest BCUT2D eigenvalue weighted by Crippen LogP contribution is 2.39. The van der Waals surface area contributed by atoms with E-state index >= 15 is 0 Å². The van der Waals surface area contributed by atoms with Crippen LogP contribution in [0.25, 0.3) is 21.5 Å². The standard InChI is InChI=1S/C26H38O2Si2/c1-10-11-12-20-23-18(13-15-21(25(23)27-2)29(4,5)6)17-19-14-16-22(30(7,8)9)26(28-3)24(19)20/h13-17H,10-12H2,1-9H3. The van der Waals surface area contributed by atoms with Crippen molar-refractivity contribution < 1.29 is 9.47 Å². The largest absolute Gasteiger partial charge is 0.496 e. The summed E-state index contributed by atoms with van der Waals surface area (Å²) >= 11 is 0. The van der Waals surface area contributed by atoms with Gasteiger partial charge in [-0.3, -0.25) is 0 Å². The van der Waals surface area contributed by atoms with E-state index in [4.69, 9.17) is 9.47 Å². The Morgan fingerprint density at radius 1 is 0.700 bits per heavy atom. The number of ether oxygens (including phenoxy) is 2. The van der Waals surface area contributed by atoms with Crippen LogP contribution in [0.2, 0.25) is 39.3 Å². The predicted molar refractivity (Wildman–Crippen MR) is 139 cm³/mol. The van der Waals surface area contributed by atoms with Crippen molar-refractivity contribution >= 4 is 48.1 Å². The summed E-state index contributed by atoms with van der Waals surface area (Å²) < 4.78 is 12.3. The lowest BCUT2D eigenvalue weighted by Gasteiger charge is -2.26. The molecule has 0 aliphatic carbocycles. The van der Waals surface area contributed by atoms with E-state index < -0.39 is 16.1 Å². The average molecular weight is 439 g/mol. The van der Waals surface area contributed by atoms with Gasteiger partial charge >= 0.3 is 0 Å². The highest BCUT2D eigenvalue weighted by Gasteiger charge is 2.27. The summed E-state index contributed by atoms with van der Waals surface area (Å²) in [6.45, 7) is 16.6. The van der Waals surface area contributed by atoms with E-state index in [1.807, 2.05) is 14.2 Å². The molecule has 0 fully saturated rings. The van der Waals surface area contributed by atoms with Gasteiger partial charge in [0.15, 0.2) is 0 Å². The van der Waals surface area contributed by atoms with E-state index in [2.05, 4.69) is 76.5 Å². The van der Waals surface area contributed by atoms with Crippen LogP contribution in [-0.4, -0.2) is 30.4 Å². The van der Waals surface area contributed by atoms with Gasteiger partial charge in [-0.2, -0.15) is 0 Å². The van der Waals surface area contributed by atoms with Crippen molar-refractivity contribution in [3.05, 3.63) is 35.9 Å². The summed E-state index contributed by atoms with van der Waals surface area (Å²) in [4.78, 5) is 0. The molecule has 0 unspecified atom stereocenters. The number of aryl methyl sites for hydroxylation is 1. The second-order valence-corrected chi connectivity index (χ2v) is 20.5. The molecule has 0 amide bonds. The lowest BCUT2D eigenvalue weighted by atomic mass is 9.92. The van der Waals surface area contributed by atoms with Gasteiger partial charge in [0.2, 0.25) is 0 Å². The molecule has 3 aromatic rings. The topological polar surface area (TPSA) is 18.5 Å². The molecule has 0 radical (unpaired) electrons. The minimum Gasteiger partial charge on any atom is -0.496 e. The van der Waals surface area contributed by atoms with E-state index in [1.54, 1.807) is 0 Å². The van der Waals surface area contributed by atoms with E-state index in [0.29, 0.717) is 0 Å². The van der Waals surface area contributed by atoms with Crippen LogP contribution in [0, 0.1) is 0 Å². The van der Waals surface area contributed by atoms with Crippen molar-refractivity contribution in [3.63, 3.8) is 0 Å². The Hall–Kier alpha value is -1.79. The Morgan fingerprint density at radius 2 is 1.13 bits per heavy atom. The zero-order valence-corrected chi connectivity index (χ0v) is 22.3. The van der Waals surface area contributed by atoms with Crippen LogP contribution in [0.3, 0.4) is 0 Å². The van der Waals surface area contributed by atoms with Crippen LogP contribution in [0.1, 0.15) is 25.3 Å². The Kier molecular flexibility index (Phi) is 6.40.